The lowest BCUT2D eigenvalue weighted by atomic mass is 9.95. The number of hydrogen-bond acceptors (Lipinski definition) is 7. The minimum Gasteiger partial charge on any atom is -0.493 e. The molecule has 1 unspecified atom stereocenters. The van der Waals surface area contributed by atoms with Gasteiger partial charge in [-0.05, 0) is 69.2 Å². The molecule has 250 valence electrons. The highest BCUT2D eigenvalue weighted by Crippen LogP contribution is 2.21. The molecule has 0 radical (unpaired) electrons. The van der Waals surface area contributed by atoms with Gasteiger partial charge in [-0.2, -0.15) is 0 Å². The zero-order valence-corrected chi connectivity index (χ0v) is 28.8. The van der Waals surface area contributed by atoms with Crippen molar-refractivity contribution in [2.45, 2.75) is 73.1 Å². The summed E-state index contributed by atoms with van der Waals surface area (Å²) in [6, 6.07) is 0. The second kappa shape index (κ2) is 25.0. The lowest BCUT2D eigenvalue weighted by molar-refractivity contribution is -0.134. The van der Waals surface area contributed by atoms with E-state index < -0.39 is 0 Å². The lowest BCUT2D eigenvalue weighted by Gasteiger charge is -2.30. The molecule has 2 aliphatic heterocycles. The minimum atomic E-state index is -0.0810. The van der Waals surface area contributed by atoms with Crippen LogP contribution in [0.3, 0.4) is 0 Å². The molecule has 0 aromatic rings. The van der Waals surface area contributed by atoms with E-state index in [9.17, 15) is 9.59 Å². The first-order valence-electron chi connectivity index (χ1n) is 16.0. The Balaban J connectivity index is 0.000000751. The molecule has 9 heteroatoms. The summed E-state index contributed by atoms with van der Waals surface area (Å²) in [5.74, 6) is 2.99. The summed E-state index contributed by atoms with van der Waals surface area (Å²) in [6.45, 7) is 20.8. The normalized spacial score (nSPS) is 17.5. The van der Waals surface area contributed by atoms with E-state index in [4.69, 9.17) is 18.9 Å². The zero-order valence-electron chi connectivity index (χ0n) is 28.8. The van der Waals surface area contributed by atoms with Gasteiger partial charge in [-0.15, -0.1) is 0 Å². The highest BCUT2D eigenvalue weighted by molar-refractivity contribution is 5.92. The smallest absolute Gasteiger partial charge is 0.249 e. The van der Waals surface area contributed by atoms with E-state index in [0.717, 1.165) is 65.1 Å². The Morgan fingerprint density at radius 1 is 1.05 bits per heavy atom. The van der Waals surface area contributed by atoms with Crippen LogP contribution in [0.1, 0.15) is 73.1 Å². The molecular weight excluding hydrogens is 546 g/mol. The first-order chi connectivity index (χ1) is 20.5. The molecule has 43 heavy (non-hydrogen) atoms. The van der Waals surface area contributed by atoms with Crippen molar-refractivity contribution in [3.05, 3.63) is 35.8 Å². The summed E-state index contributed by atoms with van der Waals surface area (Å²) >= 11 is 0. The van der Waals surface area contributed by atoms with Crippen LogP contribution in [0.4, 0.5) is 0 Å². The third-order valence-electron chi connectivity index (χ3n) is 6.87. The summed E-state index contributed by atoms with van der Waals surface area (Å²) in [6.07, 6.45) is 9.24. The monoisotopic (exact) mass is 609 g/mol. The van der Waals surface area contributed by atoms with Gasteiger partial charge < -0.3 is 34.1 Å². The van der Waals surface area contributed by atoms with Gasteiger partial charge in [-0.3, -0.25) is 9.59 Å². The lowest BCUT2D eigenvalue weighted by Crippen LogP contribution is -2.39. The Labute approximate surface area is 263 Å². The predicted molar refractivity (Wildman–Crippen MR) is 176 cm³/mol. The number of allylic oxidation sites excluding steroid dienone is 2. The Kier molecular flexibility index (Phi) is 23.6. The van der Waals surface area contributed by atoms with Crippen LogP contribution in [0.15, 0.2) is 35.8 Å². The zero-order chi connectivity index (χ0) is 32.6. The van der Waals surface area contributed by atoms with Crippen molar-refractivity contribution in [1.29, 1.82) is 0 Å². The average molecular weight is 610 g/mol. The molecule has 0 aromatic carbocycles. The van der Waals surface area contributed by atoms with Gasteiger partial charge in [0.05, 0.1) is 13.7 Å². The summed E-state index contributed by atoms with van der Waals surface area (Å²) < 4.78 is 21.2. The largest absolute Gasteiger partial charge is 0.493 e. The van der Waals surface area contributed by atoms with E-state index in [2.05, 4.69) is 44.5 Å². The molecule has 1 atom stereocenters. The first-order valence-corrected chi connectivity index (χ1v) is 16.0. The van der Waals surface area contributed by atoms with Gasteiger partial charge in [-0.1, -0.05) is 40.7 Å². The topological polar surface area (TPSA) is 89.6 Å². The molecule has 0 spiro atoms. The van der Waals surface area contributed by atoms with Gasteiger partial charge in [0.15, 0.2) is 11.5 Å². The number of nitrogens with one attached hydrogen (secondary N) is 1. The van der Waals surface area contributed by atoms with E-state index in [0.29, 0.717) is 54.0 Å². The van der Waals surface area contributed by atoms with E-state index in [1.807, 2.05) is 0 Å². The van der Waals surface area contributed by atoms with Crippen molar-refractivity contribution in [2.75, 3.05) is 80.9 Å². The van der Waals surface area contributed by atoms with Crippen LogP contribution in [0.2, 0.25) is 0 Å². The maximum absolute atomic E-state index is 12.6. The number of nitrogens with zero attached hydrogens (tertiary/aromatic N) is 2. The van der Waals surface area contributed by atoms with Crippen LogP contribution >= 0.6 is 0 Å². The van der Waals surface area contributed by atoms with Gasteiger partial charge in [0.1, 0.15) is 0 Å². The van der Waals surface area contributed by atoms with E-state index >= 15 is 0 Å². The highest BCUT2D eigenvalue weighted by Gasteiger charge is 2.25. The molecular formula is C34H63N3O6. The number of ether oxygens (including phenoxy) is 4. The fourth-order valence-corrected chi connectivity index (χ4v) is 4.69. The van der Waals surface area contributed by atoms with Crippen molar-refractivity contribution in [3.8, 4) is 0 Å². The fraction of sp³-hybridized carbons (Fsp3) is 0.765. The molecule has 9 nitrogen and oxygen atoms in total. The molecule has 0 aromatic heterocycles. The fourth-order valence-electron chi connectivity index (χ4n) is 4.69. The van der Waals surface area contributed by atoms with Crippen molar-refractivity contribution in [2.24, 2.45) is 17.8 Å². The van der Waals surface area contributed by atoms with Gasteiger partial charge >= 0.3 is 0 Å². The summed E-state index contributed by atoms with van der Waals surface area (Å²) in [4.78, 5) is 28.1. The molecule has 1 N–H and O–H groups in total. The molecule has 0 saturated carbocycles. The number of amides is 2. The van der Waals surface area contributed by atoms with Crippen molar-refractivity contribution >= 4 is 11.8 Å². The van der Waals surface area contributed by atoms with Crippen molar-refractivity contribution in [3.63, 3.8) is 0 Å². The standard InChI is InChI=1S/C16H30N2O2.C15H25NO4.C3H8/c1-13(2)11-18(12-15-3-6-17-10-15)16(19)9-14-4-7-20-8-5-14;1-7-13(19-6)14(20-10-8-9-18-5)11-12(2)15(17)16(3)4;1-3-2/h13-15,17H,3-12H2,1-2H3;7,11H,1,8-10H2,2-6H3;3H2,1-2H3/b;12-11+,14-13-;. The van der Waals surface area contributed by atoms with Crippen LogP contribution in [0.5, 0.6) is 0 Å². The summed E-state index contributed by atoms with van der Waals surface area (Å²) in [5, 5.41) is 3.40. The SMILES string of the molecule is C=C/C(OC)=C(\C=C(/C)C(=O)N(C)C)OCCCOC.CC(C)CN(CC1CCNC1)C(=O)CC1CCOCC1.CCC. The second-order valence-corrected chi connectivity index (χ2v) is 11.9. The van der Waals surface area contributed by atoms with Crippen LogP contribution in [0.25, 0.3) is 0 Å². The molecule has 2 amide bonds. The molecule has 0 bridgehead atoms. The highest BCUT2D eigenvalue weighted by atomic mass is 16.5. The summed E-state index contributed by atoms with van der Waals surface area (Å²) in [7, 11) is 6.58. The van der Waals surface area contributed by atoms with E-state index in [-0.39, 0.29) is 5.91 Å². The van der Waals surface area contributed by atoms with Crippen LogP contribution in [-0.4, -0.2) is 103 Å². The number of methoxy groups -OCH3 is 2. The number of hydrogen-bond donors (Lipinski definition) is 1. The number of carbonyl (C=O) groups excluding carboxylic acids is 2. The van der Waals surface area contributed by atoms with Crippen LogP contribution in [-0.2, 0) is 28.5 Å². The Morgan fingerprint density at radius 3 is 2.19 bits per heavy atom. The first kappa shape index (κ1) is 40.6. The molecule has 2 fully saturated rings. The van der Waals surface area contributed by atoms with Crippen molar-refractivity contribution in [1.82, 2.24) is 15.1 Å². The molecule has 2 aliphatic rings. The molecule has 0 aliphatic carbocycles. The van der Waals surface area contributed by atoms with Crippen molar-refractivity contribution < 1.29 is 28.5 Å². The molecule has 2 saturated heterocycles. The van der Waals surface area contributed by atoms with E-state index in [1.165, 1.54) is 24.9 Å². The predicted octanol–water partition coefficient (Wildman–Crippen LogP) is 5.43. The number of carbonyl (C=O) groups is 2. The Bertz CT molecular complexity index is 828. The molecule has 2 rings (SSSR count). The average Bonchev–Trinajstić information content (AvgIpc) is 3.49. The van der Waals surface area contributed by atoms with Gasteiger partial charge in [0.2, 0.25) is 11.8 Å². The third kappa shape index (κ3) is 18.8. The van der Waals surface area contributed by atoms with Crippen LogP contribution < -0.4 is 5.32 Å². The third-order valence-corrected chi connectivity index (χ3v) is 6.87. The number of likely N-dealkylation sites (N-methyl/N-ethyl adjacent to an activating group) is 1. The Hall–Kier alpha value is -2.36. The van der Waals surface area contributed by atoms with Gasteiger partial charge in [-0.25, -0.2) is 0 Å². The maximum atomic E-state index is 12.6. The molecule has 2 heterocycles. The minimum absolute atomic E-state index is 0.0810. The second-order valence-electron chi connectivity index (χ2n) is 11.9. The van der Waals surface area contributed by atoms with Gasteiger partial charge in [0, 0.05) is 72.5 Å². The number of rotatable bonds is 15. The quantitative estimate of drug-likeness (QED) is 0.115. The summed E-state index contributed by atoms with van der Waals surface area (Å²) in [5.41, 5.74) is 0.563. The van der Waals surface area contributed by atoms with Gasteiger partial charge in [0.25, 0.3) is 0 Å². The van der Waals surface area contributed by atoms with Crippen LogP contribution in [0, 0.1) is 17.8 Å². The maximum Gasteiger partial charge on any atom is 0.249 e. The van der Waals surface area contributed by atoms with E-state index in [1.54, 1.807) is 40.3 Å². The Morgan fingerprint density at radius 2 is 1.70 bits per heavy atom.